The van der Waals surface area contributed by atoms with Crippen molar-refractivity contribution in [2.45, 2.75) is 122 Å². The van der Waals surface area contributed by atoms with E-state index in [1.807, 2.05) is 60.7 Å². The summed E-state index contributed by atoms with van der Waals surface area (Å²) in [6.45, 7) is 11.6. The fourth-order valence-corrected chi connectivity index (χ4v) is 7.50. The second kappa shape index (κ2) is 45.6. The molecule has 2 aromatic rings. The van der Waals surface area contributed by atoms with Crippen LogP contribution in [0.1, 0.15) is 108 Å². The molecule has 0 spiro atoms. The largest absolute Gasteiger partial charge is 0.382 e. The number of carbonyl (C=O) groups excluding carboxylic acids is 3. The Hall–Kier alpha value is -3.51. The summed E-state index contributed by atoms with van der Waals surface area (Å²) in [6, 6.07) is 17.5. The highest BCUT2D eigenvalue weighted by Gasteiger charge is 2.27. The molecule has 0 heterocycles. The van der Waals surface area contributed by atoms with Crippen molar-refractivity contribution in [3.8, 4) is 0 Å². The first kappa shape index (κ1) is 61.6. The van der Waals surface area contributed by atoms with Gasteiger partial charge >= 0.3 is 0 Å². The van der Waals surface area contributed by atoms with Crippen LogP contribution in [-0.4, -0.2) is 168 Å². The van der Waals surface area contributed by atoms with Gasteiger partial charge in [0.1, 0.15) is 12.1 Å². The van der Waals surface area contributed by atoms with Gasteiger partial charge in [-0.1, -0.05) is 145 Å². The van der Waals surface area contributed by atoms with E-state index in [1.165, 1.54) is 64.2 Å². The molecule has 0 aliphatic rings. The van der Waals surface area contributed by atoms with Gasteiger partial charge in [-0.25, -0.2) is 0 Å². The molecule has 0 radical (unpaired) electrons. The van der Waals surface area contributed by atoms with Crippen LogP contribution in [0.4, 0.5) is 0 Å². The van der Waals surface area contributed by atoms with Gasteiger partial charge in [-0.05, 0) is 17.5 Å². The van der Waals surface area contributed by atoms with Crippen molar-refractivity contribution in [2.75, 3.05) is 133 Å². The smallest absolute Gasteiger partial charge is 0.243 e. The van der Waals surface area contributed by atoms with Gasteiger partial charge in [0.15, 0.2) is 0 Å². The molecule has 3 amide bonds. The molecule has 3 N–H and O–H groups in total. The maximum absolute atomic E-state index is 14.0. The fraction of sp³-hybridized carbons (Fsp3) is 0.722. The van der Waals surface area contributed by atoms with E-state index < -0.39 is 18.0 Å². The summed E-state index contributed by atoms with van der Waals surface area (Å²) in [7, 11) is 3.29. The lowest BCUT2D eigenvalue weighted by atomic mass is 10.0. The van der Waals surface area contributed by atoms with Crippen LogP contribution in [0.2, 0.25) is 0 Å². The highest BCUT2D eigenvalue weighted by Crippen LogP contribution is 2.14. The number of nitrogens with one attached hydrogen (secondary N) is 3. The summed E-state index contributed by atoms with van der Waals surface area (Å²) in [4.78, 5) is 43.1. The number of methoxy groups -OCH3 is 2. The Balaban J connectivity index is 1.79. The maximum atomic E-state index is 14.0. The molecule has 0 aliphatic heterocycles. The topological polar surface area (TPSA) is 164 Å². The molecule has 0 bridgehead atoms. The fourth-order valence-electron chi connectivity index (χ4n) is 7.50. The molecule has 0 aliphatic carbocycles. The third-order valence-electron chi connectivity index (χ3n) is 11.5. The highest BCUT2D eigenvalue weighted by molar-refractivity contribution is 5.92. The van der Waals surface area contributed by atoms with E-state index >= 15 is 0 Å². The number of unbranched alkanes of at least 4 members (excludes halogenated alkanes) is 12. The van der Waals surface area contributed by atoms with Crippen LogP contribution < -0.4 is 16.0 Å². The summed E-state index contributed by atoms with van der Waals surface area (Å²) in [5.41, 5.74) is 1.83. The Morgan fingerprint density at radius 1 is 0.449 bits per heavy atom. The predicted molar refractivity (Wildman–Crippen MR) is 273 cm³/mol. The predicted octanol–water partition coefficient (Wildman–Crippen LogP) is 6.73. The van der Waals surface area contributed by atoms with E-state index in [1.54, 1.807) is 14.2 Å². The van der Waals surface area contributed by atoms with Gasteiger partial charge in [-0.3, -0.25) is 19.3 Å². The number of carbonyl (C=O) groups is 3. The van der Waals surface area contributed by atoms with Crippen LogP contribution in [0.5, 0.6) is 0 Å². The van der Waals surface area contributed by atoms with Gasteiger partial charge in [0.25, 0.3) is 0 Å². The van der Waals surface area contributed by atoms with Gasteiger partial charge in [-0.15, -0.1) is 0 Å². The molecule has 0 unspecified atom stereocenters. The van der Waals surface area contributed by atoms with Crippen molar-refractivity contribution in [3.05, 3.63) is 71.8 Å². The summed E-state index contributed by atoms with van der Waals surface area (Å²) in [6.07, 6.45) is 16.9. The average Bonchev–Trinajstić information content (AvgIpc) is 3.36. The zero-order valence-electron chi connectivity index (χ0n) is 42.9. The molecule has 2 atom stereocenters. The molecule has 0 saturated carbocycles. The molecular formula is C54H92N4O11. The van der Waals surface area contributed by atoms with Crippen molar-refractivity contribution in [2.24, 2.45) is 0 Å². The van der Waals surface area contributed by atoms with E-state index in [2.05, 4.69) is 27.8 Å². The molecular weight excluding hydrogens is 881 g/mol. The summed E-state index contributed by atoms with van der Waals surface area (Å²) >= 11 is 0. The monoisotopic (exact) mass is 973 g/mol. The number of benzene rings is 2. The standard InChI is InChI=1S/C54H92N4O11/c1-4-5-6-7-8-9-10-11-12-13-14-15-22-27-52(59)56-51(47-49-25-20-17-21-26-49)54(61)57-50(46-48-23-18-16-19-24-48)53(60)55-28-32-64-40-41-65-33-29-58(30-34-66-42-44-68-38-36-62-2)31-35-67-43-45-69-39-37-63-3/h16-21,23-26,50-51H,4-15,22,27-47H2,1-3H3,(H,55,60)(H,56,59)(H,57,61)/t50-,51-/m0/s1. The highest BCUT2D eigenvalue weighted by atomic mass is 16.5. The lowest BCUT2D eigenvalue weighted by Crippen LogP contribution is -2.55. The number of hydrogen-bond acceptors (Lipinski definition) is 12. The van der Waals surface area contributed by atoms with Gasteiger partial charge in [0.05, 0.1) is 92.5 Å². The Morgan fingerprint density at radius 3 is 1.26 bits per heavy atom. The molecule has 15 nitrogen and oxygen atoms in total. The van der Waals surface area contributed by atoms with Crippen LogP contribution in [0.15, 0.2) is 60.7 Å². The third kappa shape index (κ3) is 36.1. The van der Waals surface area contributed by atoms with Crippen molar-refractivity contribution >= 4 is 17.7 Å². The molecule has 2 aromatic carbocycles. The van der Waals surface area contributed by atoms with Gasteiger partial charge < -0.3 is 53.8 Å². The first-order chi connectivity index (χ1) is 34.0. The molecule has 0 saturated heterocycles. The Bertz CT molecular complexity index is 1460. The van der Waals surface area contributed by atoms with E-state index in [0.717, 1.165) is 43.5 Å². The SMILES string of the molecule is CCCCCCCCCCCCCCCC(=O)N[C@@H](Cc1ccccc1)C(=O)N[C@@H](Cc1ccccc1)C(=O)NCCOCCOCCN(CCOCCOCCOC)CCOCCOCCOC. The van der Waals surface area contributed by atoms with Crippen LogP contribution in [0.3, 0.4) is 0 Å². The van der Waals surface area contributed by atoms with E-state index in [9.17, 15) is 14.4 Å². The Labute approximate surface area is 416 Å². The number of amides is 3. The van der Waals surface area contributed by atoms with Crippen molar-refractivity contribution in [3.63, 3.8) is 0 Å². The van der Waals surface area contributed by atoms with E-state index in [0.29, 0.717) is 112 Å². The van der Waals surface area contributed by atoms with E-state index in [4.69, 9.17) is 37.9 Å². The lowest BCUT2D eigenvalue weighted by Gasteiger charge is -2.24. The van der Waals surface area contributed by atoms with Crippen molar-refractivity contribution in [1.29, 1.82) is 0 Å². The summed E-state index contributed by atoms with van der Waals surface area (Å²) < 4.78 is 44.2. The number of nitrogens with zero attached hydrogens (tertiary/aromatic N) is 1. The molecule has 2 rings (SSSR count). The Morgan fingerprint density at radius 2 is 0.826 bits per heavy atom. The normalized spacial score (nSPS) is 12.3. The molecule has 0 fully saturated rings. The quantitative estimate of drug-likeness (QED) is 0.0600. The number of hydrogen-bond donors (Lipinski definition) is 3. The molecule has 15 heteroatoms. The molecule has 394 valence electrons. The second-order valence-corrected chi connectivity index (χ2v) is 17.3. The maximum Gasteiger partial charge on any atom is 0.243 e. The van der Waals surface area contributed by atoms with Crippen LogP contribution >= 0.6 is 0 Å². The summed E-state index contributed by atoms with van der Waals surface area (Å²) in [5, 5.41) is 8.93. The van der Waals surface area contributed by atoms with Crippen molar-refractivity contribution in [1.82, 2.24) is 20.9 Å². The minimum atomic E-state index is -0.860. The molecule has 0 aromatic heterocycles. The second-order valence-electron chi connectivity index (χ2n) is 17.3. The third-order valence-corrected chi connectivity index (χ3v) is 11.5. The zero-order valence-corrected chi connectivity index (χ0v) is 42.9. The first-order valence-electron chi connectivity index (χ1n) is 26.1. The number of rotatable bonds is 49. The summed E-state index contributed by atoms with van der Waals surface area (Å²) in [5.74, 6) is -0.875. The van der Waals surface area contributed by atoms with Crippen LogP contribution in [0.25, 0.3) is 0 Å². The van der Waals surface area contributed by atoms with Crippen LogP contribution in [-0.2, 0) is 65.1 Å². The Kier molecular flexibility index (Phi) is 40.7. The van der Waals surface area contributed by atoms with Gasteiger partial charge in [0.2, 0.25) is 17.7 Å². The van der Waals surface area contributed by atoms with Gasteiger partial charge in [0, 0.05) is 59.7 Å². The molecule has 69 heavy (non-hydrogen) atoms. The van der Waals surface area contributed by atoms with Gasteiger partial charge in [-0.2, -0.15) is 0 Å². The lowest BCUT2D eigenvalue weighted by molar-refractivity contribution is -0.132. The zero-order chi connectivity index (χ0) is 49.5. The average molecular weight is 973 g/mol. The first-order valence-corrected chi connectivity index (χ1v) is 26.1. The van der Waals surface area contributed by atoms with Crippen LogP contribution in [0, 0.1) is 0 Å². The minimum absolute atomic E-state index is 0.154. The number of ether oxygens (including phenoxy) is 8. The van der Waals surface area contributed by atoms with E-state index in [-0.39, 0.29) is 25.0 Å². The minimum Gasteiger partial charge on any atom is -0.382 e. The van der Waals surface area contributed by atoms with Crippen molar-refractivity contribution < 1.29 is 52.3 Å².